The maximum Gasteiger partial charge on any atom is 0.339 e. The van der Waals surface area contributed by atoms with Crippen molar-refractivity contribution in [1.82, 2.24) is 0 Å². The van der Waals surface area contributed by atoms with Gasteiger partial charge in [0, 0.05) is 4.47 Å². The first kappa shape index (κ1) is 14.7. The molecule has 1 aromatic carbocycles. The number of esters is 1. The molecule has 3 nitrogen and oxygen atoms in total. The molecule has 0 amide bonds. The third-order valence-electron chi connectivity index (χ3n) is 1.88. The van der Waals surface area contributed by atoms with Crippen molar-refractivity contribution in [3.05, 3.63) is 37.7 Å². The predicted octanol–water partition coefficient (Wildman–Crippen LogP) is 4.33. The quantitative estimate of drug-likeness (QED) is 0.407. The van der Waals surface area contributed by atoms with Crippen LogP contribution >= 0.6 is 47.8 Å². The van der Waals surface area contributed by atoms with Crippen molar-refractivity contribution in [1.29, 1.82) is 0 Å². The number of hydrogen-bond acceptors (Lipinski definition) is 3. The number of methoxy groups -OCH3 is 1. The van der Waals surface area contributed by atoms with Gasteiger partial charge in [-0.15, -0.1) is 0 Å². The van der Waals surface area contributed by atoms with Gasteiger partial charge in [-0.25, -0.2) is 4.79 Å². The Morgan fingerprint density at radius 2 is 2.00 bits per heavy atom. The normalized spacial score (nSPS) is 9.88. The SMILES string of the molecule is C=CCOc1cc(C(=O)OC)c(Br)c(Br)c1Br. The second-order valence-electron chi connectivity index (χ2n) is 2.96. The monoisotopic (exact) mass is 426 g/mol. The Labute approximate surface area is 125 Å². The molecule has 0 aliphatic rings. The number of rotatable bonds is 4. The Hall–Kier alpha value is -0.330. The van der Waals surface area contributed by atoms with Crippen molar-refractivity contribution in [2.24, 2.45) is 0 Å². The van der Waals surface area contributed by atoms with Crippen LogP contribution in [0.4, 0.5) is 0 Å². The van der Waals surface area contributed by atoms with Gasteiger partial charge in [-0.1, -0.05) is 12.7 Å². The highest BCUT2D eigenvalue weighted by Gasteiger charge is 2.19. The molecule has 0 heterocycles. The first-order valence-corrected chi connectivity index (χ1v) is 6.90. The topological polar surface area (TPSA) is 35.5 Å². The molecule has 0 N–H and O–H groups in total. The average molecular weight is 429 g/mol. The zero-order valence-corrected chi connectivity index (χ0v) is 13.7. The Morgan fingerprint density at radius 3 is 2.53 bits per heavy atom. The molecule has 1 aromatic rings. The van der Waals surface area contributed by atoms with Gasteiger partial charge in [0.05, 0.1) is 21.6 Å². The molecule has 0 aliphatic carbocycles. The molecule has 0 saturated heterocycles. The van der Waals surface area contributed by atoms with Crippen LogP contribution < -0.4 is 4.74 Å². The Morgan fingerprint density at radius 1 is 1.35 bits per heavy atom. The van der Waals surface area contributed by atoms with Gasteiger partial charge < -0.3 is 9.47 Å². The average Bonchev–Trinajstić information content (AvgIpc) is 2.34. The van der Waals surface area contributed by atoms with Crippen molar-refractivity contribution < 1.29 is 14.3 Å². The maximum atomic E-state index is 11.6. The number of benzene rings is 1. The highest BCUT2D eigenvalue weighted by molar-refractivity contribution is 9.14. The lowest BCUT2D eigenvalue weighted by Crippen LogP contribution is -2.05. The second kappa shape index (κ2) is 6.56. The van der Waals surface area contributed by atoms with Crippen LogP contribution in [0.1, 0.15) is 10.4 Å². The molecule has 0 aromatic heterocycles. The lowest BCUT2D eigenvalue weighted by atomic mass is 10.2. The van der Waals surface area contributed by atoms with E-state index in [2.05, 4.69) is 54.4 Å². The summed E-state index contributed by atoms with van der Waals surface area (Å²) in [5.74, 6) is 0.105. The first-order valence-electron chi connectivity index (χ1n) is 4.52. The summed E-state index contributed by atoms with van der Waals surface area (Å²) in [6.45, 7) is 3.92. The van der Waals surface area contributed by atoms with Crippen LogP contribution in [0, 0.1) is 0 Å². The maximum absolute atomic E-state index is 11.6. The molecule has 0 spiro atoms. The Balaban J connectivity index is 3.28. The van der Waals surface area contributed by atoms with E-state index in [9.17, 15) is 4.79 Å². The third-order valence-corrected chi connectivity index (χ3v) is 5.34. The van der Waals surface area contributed by atoms with E-state index >= 15 is 0 Å². The van der Waals surface area contributed by atoms with Gasteiger partial charge in [-0.3, -0.25) is 0 Å². The van der Waals surface area contributed by atoms with E-state index in [1.54, 1.807) is 12.1 Å². The van der Waals surface area contributed by atoms with Crippen LogP contribution in [0.2, 0.25) is 0 Å². The van der Waals surface area contributed by atoms with Crippen molar-refractivity contribution >= 4 is 53.8 Å². The van der Waals surface area contributed by atoms with Crippen LogP contribution in [0.5, 0.6) is 5.75 Å². The summed E-state index contributed by atoms with van der Waals surface area (Å²) in [7, 11) is 1.33. The van der Waals surface area contributed by atoms with Crippen LogP contribution in [0.25, 0.3) is 0 Å². The van der Waals surface area contributed by atoms with Crippen molar-refractivity contribution in [3.63, 3.8) is 0 Å². The number of hydrogen-bond donors (Lipinski definition) is 0. The van der Waals surface area contributed by atoms with Crippen molar-refractivity contribution in [2.75, 3.05) is 13.7 Å². The van der Waals surface area contributed by atoms with Crippen molar-refractivity contribution in [3.8, 4) is 5.75 Å². The molecule has 6 heteroatoms. The minimum Gasteiger partial charge on any atom is -0.488 e. The van der Waals surface area contributed by atoms with Gasteiger partial charge in [0.15, 0.2) is 0 Å². The lowest BCUT2D eigenvalue weighted by molar-refractivity contribution is 0.0599. The standard InChI is InChI=1S/C11H9Br3O3/c1-3-4-17-7-5-6(11(15)16-2)8(12)10(14)9(7)13/h3,5H,1,4H2,2H3. The molecule has 0 fully saturated rings. The van der Waals surface area contributed by atoms with E-state index in [4.69, 9.17) is 9.47 Å². The summed E-state index contributed by atoms with van der Waals surface area (Å²) in [5.41, 5.74) is 0.390. The summed E-state index contributed by atoms with van der Waals surface area (Å²) in [6.07, 6.45) is 1.63. The lowest BCUT2D eigenvalue weighted by Gasteiger charge is -2.12. The summed E-state index contributed by atoms with van der Waals surface area (Å²) >= 11 is 10.1. The molecule has 0 bridgehead atoms. The number of carbonyl (C=O) groups excluding carboxylic acids is 1. The van der Waals surface area contributed by atoms with Gasteiger partial charge in [-0.2, -0.15) is 0 Å². The summed E-state index contributed by atoms with van der Waals surface area (Å²) < 4.78 is 12.2. The van der Waals surface area contributed by atoms with E-state index < -0.39 is 5.97 Å². The summed E-state index contributed by atoms with van der Waals surface area (Å²) in [4.78, 5) is 11.6. The van der Waals surface area contributed by atoms with Gasteiger partial charge in [-0.05, 0) is 53.9 Å². The van der Waals surface area contributed by atoms with Crippen LogP contribution in [-0.4, -0.2) is 19.7 Å². The third kappa shape index (κ3) is 3.33. The Kier molecular flexibility index (Phi) is 5.69. The van der Waals surface area contributed by atoms with Gasteiger partial charge in [0.2, 0.25) is 0 Å². The largest absolute Gasteiger partial charge is 0.488 e. The highest BCUT2D eigenvalue weighted by Crippen LogP contribution is 2.40. The van der Waals surface area contributed by atoms with E-state index in [0.717, 1.165) is 4.47 Å². The summed E-state index contributed by atoms with van der Waals surface area (Å²) in [5, 5.41) is 0. The predicted molar refractivity (Wildman–Crippen MR) is 76.6 cm³/mol. The van der Waals surface area contributed by atoms with Crippen LogP contribution in [-0.2, 0) is 4.74 Å². The fourth-order valence-electron chi connectivity index (χ4n) is 1.09. The molecule has 0 radical (unpaired) electrons. The highest BCUT2D eigenvalue weighted by atomic mass is 79.9. The van der Waals surface area contributed by atoms with Gasteiger partial charge in [0.25, 0.3) is 0 Å². The summed E-state index contributed by atoms with van der Waals surface area (Å²) in [6, 6.07) is 1.61. The van der Waals surface area contributed by atoms with E-state index in [1.165, 1.54) is 7.11 Å². The number of carbonyl (C=O) groups is 1. The molecule has 0 unspecified atom stereocenters. The molecular weight excluding hydrogens is 420 g/mol. The van der Waals surface area contributed by atoms with E-state index in [-0.39, 0.29) is 0 Å². The number of halogens is 3. The minimum absolute atomic E-state index is 0.354. The van der Waals surface area contributed by atoms with Crippen LogP contribution in [0.15, 0.2) is 32.1 Å². The molecular formula is C11H9Br3O3. The fraction of sp³-hybridized carbons (Fsp3) is 0.182. The van der Waals surface area contributed by atoms with E-state index in [0.29, 0.717) is 26.9 Å². The molecule has 0 atom stereocenters. The van der Waals surface area contributed by atoms with Crippen LogP contribution in [0.3, 0.4) is 0 Å². The number of ether oxygens (including phenoxy) is 2. The molecule has 17 heavy (non-hydrogen) atoms. The van der Waals surface area contributed by atoms with Gasteiger partial charge in [0.1, 0.15) is 12.4 Å². The van der Waals surface area contributed by atoms with Crippen molar-refractivity contribution in [2.45, 2.75) is 0 Å². The first-order chi connectivity index (χ1) is 8.02. The van der Waals surface area contributed by atoms with Gasteiger partial charge >= 0.3 is 5.97 Å². The minimum atomic E-state index is -0.437. The zero-order chi connectivity index (χ0) is 13.0. The smallest absolute Gasteiger partial charge is 0.339 e. The molecule has 92 valence electrons. The molecule has 0 saturated carbocycles. The Bertz CT molecular complexity index is 458. The second-order valence-corrected chi connectivity index (χ2v) is 5.33. The fourth-order valence-corrected chi connectivity index (χ4v) is 2.67. The molecule has 1 rings (SSSR count). The zero-order valence-electron chi connectivity index (χ0n) is 8.93. The molecule has 0 aliphatic heterocycles. The van der Waals surface area contributed by atoms with E-state index in [1.807, 2.05) is 0 Å².